The zero-order valence-corrected chi connectivity index (χ0v) is 12.3. The lowest BCUT2D eigenvalue weighted by Crippen LogP contribution is -2.40. The van der Waals surface area contributed by atoms with Crippen LogP contribution in [0.15, 0.2) is 35.2 Å². The summed E-state index contributed by atoms with van der Waals surface area (Å²) in [5.41, 5.74) is 0.208. The molecule has 0 fully saturated rings. The first kappa shape index (κ1) is 14.8. The number of carbonyl (C=O) groups excluding carboxylic acids is 1. The number of amides is 2. The highest BCUT2D eigenvalue weighted by atomic mass is 35.5. The minimum Gasteiger partial charge on any atom is -0.384 e. The molecule has 0 aromatic carbocycles. The Morgan fingerprint density at radius 1 is 1.55 bits per heavy atom. The molecule has 0 bridgehead atoms. The fourth-order valence-corrected chi connectivity index (χ4v) is 2.54. The highest BCUT2D eigenvalue weighted by Crippen LogP contribution is 2.22. The SMILES string of the molecule is CC(O)(CNC(=O)Nc1ccnc(Cl)c1)c1ccsc1. The summed E-state index contributed by atoms with van der Waals surface area (Å²) in [5.74, 6) is 0. The van der Waals surface area contributed by atoms with E-state index in [4.69, 9.17) is 11.6 Å². The summed E-state index contributed by atoms with van der Waals surface area (Å²) >= 11 is 7.22. The second-order valence-corrected chi connectivity index (χ2v) is 5.63. The Morgan fingerprint density at radius 3 is 3.00 bits per heavy atom. The summed E-state index contributed by atoms with van der Waals surface area (Å²) in [4.78, 5) is 15.6. The molecule has 0 aliphatic rings. The molecule has 3 N–H and O–H groups in total. The van der Waals surface area contributed by atoms with Crippen LogP contribution in [0.1, 0.15) is 12.5 Å². The fourth-order valence-electron chi connectivity index (χ4n) is 1.58. The smallest absolute Gasteiger partial charge is 0.319 e. The van der Waals surface area contributed by atoms with E-state index in [9.17, 15) is 9.90 Å². The van der Waals surface area contributed by atoms with E-state index in [2.05, 4.69) is 15.6 Å². The van der Waals surface area contributed by atoms with Gasteiger partial charge < -0.3 is 15.7 Å². The van der Waals surface area contributed by atoms with Crippen molar-refractivity contribution < 1.29 is 9.90 Å². The number of carbonyl (C=O) groups is 1. The van der Waals surface area contributed by atoms with Crippen LogP contribution in [0.4, 0.5) is 10.5 Å². The lowest BCUT2D eigenvalue weighted by atomic mass is 9.99. The predicted molar refractivity (Wildman–Crippen MR) is 80.2 cm³/mol. The zero-order chi connectivity index (χ0) is 14.6. The van der Waals surface area contributed by atoms with Crippen LogP contribution >= 0.6 is 22.9 Å². The monoisotopic (exact) mass is 311 g/mol. The summed E-state index contributed by atoms with van der Waals surface area (Å²) in [5, 5.41) is 19.5. The molecule has 2 heterocycles. The Morgan fingerprint density at radius 2 is 2.35 bits per heavy atom. The van der Waals surface area contributed by atoms with E-state index < -0.39 is 11.6 Å². The van der Waals surface area contributed by atoms with Crippen molar-refractivity contribution >= 4 is 34.7 Å². The van der Waals surface area contributed by atoms with Crippen LogP contribution in [0.25, 0.3) is 0 Å². The third-order valence-electron chi connectivity index (χ3n) is 2.72. The summed E-state index contributed by atoms with van der Waals surface area (Å²) in [7, 11) is 0. The molecule has 106 valence electrons. The van der Waals surface area contributed by atoms with Gasteiger partial charge in [0.2, 0.25) is 0 Å². The number of urea groups is 1. The number of nitrogens with zero attached hydrogens (tertiary/aromatic N) is 1. The van der Waals surface area contributed by atoms with Gasteiger partial charge in [0, 0.05) is 11.9 Å². The number of pyridine rings is 1. The maximum absolute atomic E-state index is 11.7. The molecule has 0 spiro atoms. The van der Waals surface area contributed by atoms with Gasteiger partial charge in [0.1, 0.15) is 10.8 Å². The van der Waals surface area contributed by atoms with Gasteiger partial charge >= 0.3 is 6.03 Å². The Bertz CT molecular complexity index is 587. The number of thiophene rings is 1. The number of halogens is 1. The van der Waals surface area contributed by atoms with E-state index in [-0.39, 0.29) is 6.54 Å². The van der Waals surface area contributed by atoms with Crippen molar-refractivity contribution in [1.29, 1.82) is 0 Å². The van der Waals surface area contributed by atoms with Gasteiger partial charge in [0.25, 0.3) is 0 Å². The summed E-state index contributed by atoms with van der Waals surface area (Å²) in [6, 6.07) is 4.58. The molecule has 7 heteroatoms. The molecule has 0 saturated heterocycles. The second kappa shape index (κ2) is 6.21. The third kappa shape index (κ3) is 3.93. The van der Waals surface area contributed by atoms with Gasteiger partial charge in [-0.3, -0.25) is 0 Å². The molecule has 2 aromatic heterocycles. The van der Waals surface area contributed by atoms with Gasteiger partial charge in [-0.25, -0.2) is 9.78 Å². The van der Waals surface area contributed by atoms with Crippen molar-refractivity contribution in [1.82, 2.24) is 10.3 Å². The highest BCUT2D eigenvalue weighted by molar-refractivity contribution is 7.08. The van der Waals surface area contributed by atoms with Gasteiger partial charge in [-0.2, -0.15) is 11.3 Å². The molecule has 2 aromatic rings. The summed E-state index contributed by atoms with van der Waals surface area (Å²) in [6.07, 6.45) is 1.50. The van der Waals surface area contributed by atoms with Crippen molar-refractivity contribution in [2.45, 2.75) is 12.5 Å². The minimum absolute atomic E-state index is 0.106. The van der Waals surface area contributed by atoms with E-state index in [1.54, 1.807) is 13.0 Å². The predicted octanol–water partition coefficient (Wildman–Crippen LogP) is 2.83. The number of aromatic nitrogens is 1. The largest absolute Gasteiger partial charge is 0.384 e. The lowest BCUT2D eigenvalue weighted by Gasteiger charge is -2.22. The Hall–Kier alpha value is -1.63. The number of nitrogens with one attached hydrogen (secondary N) is 2. The van der Waals surface area contributed by atoms with Crippen LogP contribution in [-0.2, 0) is 5.60 Å². The molecule has 0 aliphatic heterocycles. The zero-order valence-electron chi connectivity index (χ0n) is 10.8. The quantitative estimate of drug-likeness (QED) is 0.760. The topological polar surface area (TPSA) is 74.2 Å². The lowest BCUT2D eigenvalue weighted by molar-refractivity contribution is 0.0604. The van der Waals surface area contributed by atoms with Gasteiger partial charge in [-0.05, 0) is 41.4 Å². The molecule has 2 rings (SSSR count). The Labute approximate surface area is 125 Å². The average Bonchev–Trinajstić information content (AvgIpc) is 2.91. The van der Waals surface area contributed by atoms with Crippen molar-refractivity contribution in [3.8, 4) is 0 Å². The molecule has 1 unspecified atom stereocenters. The number of aliphatic hydroxyl groups is 1. The van der Waals surface area contributed by atoms with E-state index in [1.807, 2.05) is 16.8 Å². The number of anilines is 1. The number of hydrogen-bond acceptors (Lipinski definition) is 4. The standard InChI is InChI=1S/C13H14ClN3O2S/c1-13(19,9-3-5-20-7-9)8-16-12(18)17-10-2-4-15-11(14)6-10/h2-7,19H,8H2,1H3,(H2,15,16,17,18). The van der Waals surface area contributed by atoms with Crippen molar-refractivity contribution in [3.05, 3.63) is 45.9 Å². The van der Waals surface area contributed by atoms with E-state index in [0.29, 0.717) is 10.8 Å². The Balaban J connectivity index is 1.89. The normalized spacial score (nSPS) is 13.6. The third-order valence-corrected chi connectivity index (χ3v) is 3.61. The van der Waals surface area contributed by atoms with Crippen LogP contribution in [0.2, 0.25) is 5.15 Å². The van der Waals surface area contributed by atoms with Gasteiger partial charge in [0.05, 0.1) is 6.54 Å². The number of hydrogen-bond donors (Lipinski definition) is 3. The van der Waals surface area contributed by atoms with Crippen LogP contribution in [-0.4, -0.2) is 22.7 Å². The first-order chi connectivity index (χ1) is 9.47. The van der Waals surface area contributed by atoms with Crippen molar-refractivity contribution in [2.75, 3.05) is 11.9 Å². The molecule has 5 nitrogen and oxygen atoms in total. The first-order valence-electron chi connectivity index (χ1n) is 5.89. The maximum atomic E-state index is 11.7. The van der Waals surface area contributed by atoms with Gasteiger partial charge in [-0.15, -0.1) is 0 Å². The van der Waals surface area contributed by atoms with Crippen molar-refractivity contribution in [2.24, 2.45) is 0 Å². The molecule has 20 heavy (non-hydrogen) atoms. The summed E-state index contributed by atoms with van der Waals surface area (Å²) in [6.45, 7) is 1.76. The maximum Gasteiger partial charge on any atom is 0.319 e. The van der Waals surface area contributed by atoms with Gasteiger partial charge in [-0.1, -0.05) is 11.6 Å². The van der Waals surface area contributed by atoms with Crippen LogP contribution < -0.4 is 10.6 Å². The van der Waals surface area contributed by atoms with Crippen LogP contribution in [0.5, 0.6) is 0 Å². The fraction of sp³-hybridized carbons (Fsp3) is 0.231. The summed E-state index contributed by atoms with van der Waals surface area (Å²) < 4.78 is 0. The van der Waals surface area contributed by atoms with E-state index in [0.717, 1.165) is 5.56 Å². The molecule has 0 saturated carbocycles. The molecule has 1 atom stereocenters. The molecular weight excluding hydrogens is 298 g/mol. The molecule has 0 aliphatic carbocycles. The van der Waals surface area contributed by atoms with Crippen LogP contribution in [0.3, 0.4) is 0 Å². The molecule has 2 amide bonds. The second-order valence-electron chi connectivity index (χ2n) is 4.46. The van der Waals surface area contributed by atoms with E-state index in [1.165, 1.54) is 23.6 Å². The van der Waals surface area contributed by atoms with Gasteiger partial charge in [0.15, 0.2) is 0 Å². The average molecular weight is 312 g/mol. The highest BCUT2D eigenvalue weighted by Gasteiger charge is 2.24. The minimum atomic E-state index is -1.10. The molecule has 0 radical (unpaired) electrons. The molecular formula is C13H14ClN3O2S. The van der Waals surface area contributed by atoms with E-state index >= 15 is 0 Å². The number of rotatable bonds is 4. The Kier molecular flexibility index (Phi) is 4.59. The van der Waals surface area contributed by atoms with Crippen LogP contribution in [0, 0.1) is 0 Å². The van der Waals surface area contributed by atoms with Crippen molar-refractivity contribution in [3.63, 3.8) is 0 Å². The first-order valence-corrected chi connectivity index (χ1v) is 7.21.